The number of amides is 1. The summed E-state index contributed by atoms with van der Waals surface area (Å²) in [7, 11) is 0. The van der Waals surface area contributed by atoms with E-state index in [1.54, 1.807) is 6.92 Å². The van der Waals surface area contributed by atoms with E-state index in [0.29, 0.717) is 5.69 Å². The van der Waals surface area contributed by atoms with Crippen LogP contribution in [0.15, 0.2) is 29.0 Å². The van der Waals surface area contributed by atoms with Crippen molar-refractivity contribution in [1.29, 1.82) is 0 Å². The van der Waals surface area contributed by atoms with Crippen molar-refractivity contribution in [2.24, 2.45) is 0 Å². The van der Waals surface area contributed by atoms with Crippen molar-refractivity contribution in [3.63, 3.8) is 0 Å². The van der Waals surface area contributed by atoms with Crippen LogP contribution in [0, 0.1) is 6.92 Å². The number of rotatable bonds is 4. The molecule has 21 heavy (non-hydrogen) atoms. The summed E-state index contributed by atoms with van der Waals surface area (Å²) in [5, 5.41) is 20.3. The molecule has 1 heterocycles. The Bertz CT molecular complexity index is 702. The lowest BCUT2D eigenvalue weighted by Gasteiger charge is -2.06. The summed E-state index contributed by atoms with van der Waals surface area (Å²) in [5.74, 6) is -3.29. The fraction of sp³-hybridized carbons (Fsp3) is 0.0769. The summed E-state index contributed by atoms with van der Waals surface area (Å²) in [6.45, 7) is 1.56. The quantitative estimate of drug-likeness (QED) is 0.780. The number of aromatic carboxylic acids is 2. The molecule has 0 saturated carbocycles. The number of hydrogen-bond donors (Lipinski definition) is 3. The molecule has 1 aromatic carbocycles. The van der Waals surface area contributed by atoms with Crippen LogP contribution < -0.4 is 5.32 Å². The molecule has 0 saturated heterocycles. The van der Waals surface area contributed by atoms with Gasteiger partial charge in [-0.15, -0.1) is 0 Å². The molecule has 1 amide bonds. The third-order valence-corrected chi connectivity index (χ3v) is 2.64. The van der Waals surface area contributed by atoms with Crippen LogP contribution in [-0.2, 0) is 0 Å². The van der Waals surface area contributed by atoms with E-state index in [-0.39, 0.29) is 22.6 Å². The molecule has 8 heteroatoms. The maximum Gasteiger partial charge on any atom is 0.335 e. The Labute approximate surface area is 118 Å². The van der Waals surface area contributed by atoms with Gasteiger partial charge in [-0.05, 0) is 25.1 Å². The lowest BCUT2D eigenvalue weighted by molar-refractivity contribution is 0.0696. The fourth-order valence-electron chi connectivity index (χ4n) is 1.65. The van der Waals surface area contributed by atoms with E-state index in [2.05, 4.69) is 10.3 Å². The molecule has 0 aliphatic heterocycles. The van der Waals surface area contributed by atoms with Crippen LogP contribution in [0.3, 0.4) is 0 Å². The van der Waals surface area contributed by atoms with Crippen LogP contribution in [0.4, 0.5) is 5.69 Å². The second-order valence-electron chi connectivity index (χ2n) is 4.13. The van der Waals surface area contributed by atoms with E-state index in [1.807, 2.05) is 0 Å². The Morgan fingerprint density at radius 2 is 1.67 bits per heavy atom. The summed E-state index contributed by atoms with van der Waals surface area (Å²) in [5.41, 5.74) is -0.104. The highest BCUT2D eigenvalue weighted by Gasteiger charge is 2.17. The zero-order valence-electron chi connectivity index (χ0n) is 10.8. The second-order valence-corrected chi connectivity index (χ2v) is 4.13. The number of anilines is 1. The van der Waals surface area contributed by atoms with Gasteiger partial charge in [-0.1, -0.05) is 0 Å². The standard InChI is InChI=1S/C13H10N2O6/c1-6-10(21-5-14-6)11(16)15-9-3-7(12(17)18)2-8(4-9)13(19)20/h2-5H,1H3,(H,15,16)(H,17,18)(H,19,20). The van der Waals surface area contributed by atoms with Gasteiger partial charge in [-0.2, -0.15) is 0 Å². The van der Waals surface area contributed by atoms with Crippen molar-refractivity contribution in [3.8, 4) is 0 Å². The van der Waals surface area contributed by atoms with Crippen LogP contribution in [-0.4, -0.2) is 33.0 Å². The monoisotopic (exact) mass is 290 g/mol. The van der Waals surface area contributed by atoms with E-state index < -0.39 is 17.8 Å². The van der Waals surface area contributed by atoms with Crippen LogP contribution in [0.2, 0.25) is 0 Å². The Hall–Kier alpha value is -3.16. The zero-order chi connectivity index (χ0) is 15.6. The number of carboxylic acid groups (broad SMARTS) is 2. The Morgan fingerprint density at radius 3 is 2.10 bits per heavy atom. The molecule has 2 aromatic rings. The number of carboxylic acids is 2. The molecule has 0 bridgehead atoms. The van der Waals surface area contributed by atoms with E-state index in [1.165, 1.54) is 0 Å². The maximum absolute atomic E-state index is 11.9. The lowest BCUT2D eigenvalue weighted by Crippen LogP contribution is -2.14. The lowest BCUT2D eigenvalue weighted by atomic mass is 10.1. The molecule has 3 N–H and O–H groups in total. The molecule has 2 rings (SSSR count). The first-order valence-corrected chi connectivity index (χ1v) is 5.71. The van der Waals surface area contributed by atoms with E-state index in [4.69, 9.17) is 14.6 Å². The molecular weight excluding hydrogens is 280 g/mol. The van der Waals surface area contributed by atoms with Gasteiger partial charge in [0.15, 0.2) is 6.39 Å². The number of nitrogens with one attached hydrogen (secondary N) is 1. The molecule has 0 atom stereocenters. The molecule has 0 spiro atoms. The average molecular weight is 290 g/mol. The van der Waals surface area contributed by atoms with Crippen molar-refractivity contribution in [3.05, 3.63) is 47.2 Å². The van der Waals surface area contributed by atoms with Crippen molar-refractivity contribution in [2.45, 2.75) is 6.92 Å². The number of nitrogens with zero attached hydrogens (tertiary/aromatic N) is 1. The van der Waals surface area contributed by atoms with Gasteiger partial charge in [0, 0.05) is 5.69 Å². The molecule has 0 unspecified atom stereocenters. The first-order chi connectivity index (χ1) is 9.88. The number of aryl methyl sites for hydroxylation is 1. The summed E-state index contributed by atoms with van der Waals surface area (Å²) < 4.78 is 4.90. The Morgan fingerprint density at radius 1 is 1.10 bits per heavy atom. The Balaban J connectivity index is 2.35. The summed E-state index contributed by atoms with van der Waals surface area (Å²) >= 11 is 0. The minimum atomic E-state index is -1.30. The highest BCUT2D eigenvalue weighted by atomic mass is 16.4. The predicted octanol–water partition coefficient (Wildman–Crippen LogP) is 1.63. The number of aromatic nitrogens is 1. The van der Waals surface area contributed by atoms with Gasteiger partial charge in [0.2, 0.25) is 5.76 Å². The van der Waals surface area contributed by atoms with Gasteiger partial charge in [0.1, 0.15) is 0 Å². The van der Waals surface area contributed by atoms with Crippen LogP contribution in [0.5, 0.6) is 0 Å². The molecule has 8 nitrogen and oxygen atoms in total. The first-order valence-electron chi connectivity index (χ1n) is 5.71. The minimum Gasteiger partial charge on any atom is -0.478 e. The van der Waals surface area contributed by atoms with Crippen LogP contribution in [0.25, 0.3) is 0 Å². The number of hydrogen-bond acceptors (Lipinski definition) is 5. The van der Waals surface area contributed by atoms with E-state index in [0.717, 1.165) is 24.6 Å². The van der Waals surface area contributed by atoms with Crippen molar-refractivity contribution in [2.75, 3.05) is 5.32 Å². The zero-order valence-corrected chi connectivity index (χ0v) is 10.8. The van der Waals surface area contributed by atoms with Gasteiger partial charge in [0.05, 0.1) is 16.8 Å². The minimum absolute atomic E-state index is 0.0346. The number of carbonyl (C=O) groups excluding carboxylic acids is 1. The second kappa shape index (κ2) is 5.45. The van der Waals surface area contributed by atoms with Gasteiger partial charge in [-0.3, -0.25) is 4.79 Å². The maximum atomic E-state index is 11.9. The van der Waals surface area contributed by atoms with Gasteiger partial charge in [0.25, 0.3) is 5.91 Å². The smallest absolute Gasteiger partial charge is 0.335 e. The molecular formula is C13H10N2O6. The van der Waals surface area contributed by atoms with Crippen molar-refractivity contribution < 1.29 is 29.0 Å². The molecule has 0 fully saturated rings. The highest BCUT2D eigenvalue weighted by molar-refractivity contribution is 6.04. The van der Waals surface area contributed by atoms with Crippen molar-refractivity contribution >= 4 is 23.5 Å². The van der Waals surface area contributed by atoms with Crippen LogP contribution >= 0.6 is 0 Å². The summed E-state index contributed by atoms with van der Waals surface area (Å²) in [6, 6.07) is 3.30. The molecule has 0 aliphatic carbocycles. The van der Waals surface area contributed by atoms with E-state index in [9.17, 15) is 14.4 Å². The van der Waals surface area contributed by atoms with Gasteiger partial charge < -0.3 is 19.9 Å². The highest BCUT2D eigenvalue weighted by Crippen LogP contribution is 2.17. The SMILES string of the molecule is Cc1ncoc1C(=O)Nc1cc(C(=O)O)cc(C(=O)O)c1. The Kier molecular flexibility index (Phi) is 3.70. The van der Waals surface area contributed by atoms with Gasteiger partial charge >= 0.3 is 11.9 Å². The summed E-state index contributed by atoms with van der Waals surface area (Å²) in [6.07, 6.45) is 1.10. The molecule has 1 aromatic heterocycles. The third-order valence-electron chi connectivity index (χ3n) is 2.64. The van der Waals surface area contributed by atoms with Gasteiger partial charge in [-0.25, -0.2) is 14.6 Å². The molecule has 0 radical (unpaired) electrons. The number of benzene rings is 1. The van der Waals surface area contributed by atoms with Crippen molar-refractivity contribution in [1.82, 2.24) is 4.98 Å². The predicted molar refractivity (Wildman–Crippen MR) is 69.6 cm³/mol. The average Bonchev–Trinajstić information content (AvgIpc) is 2.84. The topological polar surface area (TPSA) is 130 Å². The van der Waals surface area contributed by atoms with Crippen LogP contribution in [0.1, 0.15) is 37.0 Å². The molecule has 0 aliphatic rings. The first kappa shape index (κ1) is 14.3. The summed E-state index contributed by atoms with van der Waals surface area (Å²) in [4.78, 5) is 37.6. The normalized spacial score (nSPS) is 10.1. The fourth-order valence-corrected chi connectivity index (χ4v) is 1.65. The van der Waals surface area contributed by atoms with E-state index >= 15 is 0 Å². The largest absolute Gasteiger partial charge is 0.478 e. The number of carbonyl (C=O) groups is 3. The third kappa shape index (κ3) is 3.06. The number of oxazole rings is 1. The molecule has 108 valence electrons.